The van der Waals surface area contributed by atoms with Gasteiger partial charge >= 0.3 is 0 Å². The van der Waals surface area contributed by atoms with Gasteiger partial charge in [0.15, 0.2) is 0 Å². The first kappa shape index (κ1) is 35.5. The number of hydrogen-bond donors (Lipinski definition) is 0. The fourth-order valence-electron chi connectivity index (χ4n) is 1.81. The van der Waals surface area contributed by atoms with E-state index in [1.165, 1.54) is 0 Å². The smallest absolute Gasteiger partial charge is 0.0812 e. The molecule has 0 atom stereocenters. The standard InChI is InChI=1S/C18H14N4.4BrH.2Pd/c1-3-11-19-17(5-1)13-21-15-7-9-16(10-8-15)22-14-18-6-2-4-12-20-18;;;;;;/h1-14H;4*1H;;. The van der Waals surface area contributed by atoms with E-state index >= 15 is 0 Å². The largest absolute Gasteiger partial charge is 0.255 e. The maximum atomic E-state index is 4.38. The van der Waals surface area contributed by atoms with Crippen LogP contribution in [0.3, 0.4) is 0 Å². The summed E-state index contributed by atoms with van der Waals surface area (Å²) in [6.45, 7) is 0. The van der Waals surface area contributed by atoms with Crippen molar-refractivity contribution in [2.75, 3.05) is 0 Å². The molecular weight excluding hydrogens is 805 g/mol. The van der Waals surface area contributed by atoms with Gasteiger partial charge in [-0.1, -0.05) is 12.1 Å². The van der Waals surface area contributed by atoms with Gasteiger partial charge in [0.25, 0.3) is 0 Å². The number of benzene rings is 1. The summed E-state index contributed by atoms with van der Waals surface area (Å²) in [5.74, 6) is 0. The second kappa shape index (κ2) is 20.4. The van der Waals surface area contributed by atoms with Crippen molar-refractivity contribution in [3.63, 3.8) is 0 Å². The molecule has 0 fully saturated rings. The Morgan fingerprint density at radius 1 is 0.536 bits per heavy atom. The van der Waals surface area contributed by atoms with Crippen molar-refractivity contribution in [2.24, 2.45) is 9.98 Å². The minimum absolute atomic E-state index is 0. The predicted octanol–water partition coefficient (Wildman–Crippen LogP) is 6.28. The molecule has 28 heavy (non-hydrogen) atoms. The Hall–Kier alpha value is 0.105. The van der Waals surface area contributed by atoms with E-state index in [1.807, 2.05) is 60.7 Å². The van der Waals surface area contributed by atoms with Crippen LogP contribution in [-0.2, 0) is 40.8 Å². The molecule has 0 aliphatic heterocycles. The Bertz CT molecular complexity index is 721. The maximum absolute atomic E-state index is 4.38. The minimum atomic E-state index is 0. The van der Waals surface area contributed by atoms with Gasteiger partial charge in [-0.3, -0.25) is 20.0 Å². The molecule has 0 aliphatic rings. The average Bonchev–Trinajstić information content (AvgIpc) is 2.61. The molecule has 0 bridgehead atoms. The summed E-state index contributed by atoms with van der Waals surface area (Å²) >= 11 is 0. The zero-order valence-electron chi connectivity index (χ0n) is 14.1. The number of aromatic nitrogens is 2. The Morgan fingerprint density at radius 2 is 0.893 bits per heavy atom. The van der Waals surface area contributed by atoms with E-state index in [0.717, 1.165) is 22.8 Å². The molecule has 3 rings (SSSR count). The van der Waals surface area contributed by atoms with Crippen molar-refractivity contribution in [1.82, 2.24) is 9.97 Å². The van der Waals surface area contributed by atoms with E-state index in [2.05, 4.69) is 20.0 Å². The van der Waals surface area contributed by atoms with Crippen LogP contribution in [0, 0.1) is 0 Å². The Kier molecular flexibility index (Phi) is 25.9. The van der Waals surface area contributed by atoms with Crippen LogP contribution in [0.1, 0.15) is 11.4 Å². The number of halogens is 4. The van der Waals surface area contributed by atoms with Crippen LogP contribution in [0.25, 0.3) is 0 Å². The second-order valence-electron chi connectivity index (χ2n) is 4.54. The van der Waals surface area contributed by atoms with E-state index in [-0.39, 0.29) is 109 Å². The predicted molar refractivity (Wildman–Crippen MR) is 131 cm³/mol. The number of nitrogens with zero attached hydrogens (tertiary/aromatic N) is 4. The summed E-state index contributed by atoms with van der Waals surface area (Å²) < 4.78 is 0. The van der Waals surface area contributed by atoms with Gasteiger partial charge in [0.2, 0.25) is 0 Å². The molecule has 0 aliphatic carbocycles. The zero-order chi connectivity index (χ0) is 15.0. The molecule has 1 aromatic carbocycles. The quantitative estimate of drug-likeness (QED) is 0.230. The molecule has 2 heterocycles. The molecule has 0 saturated heterocycles. The van der Waals surface area contributed by atoms with Gasteiger partial charge in [-0.2, -0.15) is 0 Å². The van der Waals surface area contributed by atoms with Crippen LogP contribution in [0.4, 0.5) is 11.4 Å². The van der Waals surface area contributed by atoms with Crippen LogP contribution in [0.15, 0.2) is 83.0 Å². The van der Waals surface area contributed by atoms with E-state index < -0.39 is 0 Å². The first-order valence-corrected chi connectivity index (χ1v) is 6.90. The van der Waals surface area contributed by atoms with Crippen molar-refractivity contribution in [1.29, 1.82) is 0 Å². The Balaban J connectivity index is -0.000000480. The first-order chi connectivity index (χ1) is 10.9. The number of rotatable bonds is 4. The summed E-state index contributed by atoms with van der Waals surface area (Å²) in [6.07, 6.45) is 6.98. The van der Waals surface area contributed by atoms with Gasteiger partial charge in [0.05, 0.1) is 35.2 Å². The molecule has 0 saturated carbocycles. The molecular formula is C18H18Br4N4Pd2. The Morgan fingerprint density at radius 3 is 1.18 bits per heavy atom. The van der Waals surface area contributed by atoms with Crippen molar-refractivity contribution < 1.29 is 40.8 Å². The normalized spacial score (nSPS) is 8.86. The van der Waals surface area contributed by atoms with E-state index in [4.69, 9.17) is 0 Å². The number of hydrogen-bond acceptors (Lipinski definition) is 4. The molecule has 158 valence electrons. The number of aliphatic imine (C=N–C) groups is 2. The van der Waals surface area contributed by atoms with E-state index in [9.17, 15) is 0 Å². The van der Waals surface area contributed by atoms with Gasteiger partial charge in [0.1, 0.15) is 0 Å². The number of pyridine rings is 2. The average molecular weight is 823 g/mol. The van der Waals surface area contributed by atoms with Crippen molar-refractivity contribution in [3.8, 4) is 0 Å². The first-order valence-electron chi connectivity index (χ1n) is 6.90. The fourth-order valence-corrected chi connectivity index (χ4v) is 1.81. The third-order valence-corrected chi connectivity index (χ3v) is 2.92. The van der Waals surface area contributed by atoms with Crippen LogP contribution in [0.2, 0.25) is 0 Å². The molecule has 0 amide bonds. The van der Waals surface area contributed by atoms with E-state index in [1.54, 1.807) is 24.8 Å². The summed E-state index contributed by atoms with van der Waals surface area (Å²) in [5, 5.41) is 0. The second-order valence-corrected chi connectivity index (χ2v) is 4.54. The van der Waals surface area contributed by atoms with Crippen LogP contribution in [-0.4, -0.2) is 22.4 Å². The van der Waals surface area contributed by atoms with Gasteiger partial charge in [-0.25, -0.2) is 0 Å². The van der Waals surface area contributed by atoms with Gasteiger partial charge in [-0.15, -0.1) is 67.9 Å². The monoisotopic (exact) mass is 818 g/mol. The van der Waals surface area contributed by atoms with E-state index in [0.29, 0.717) is 0 Å². The summed E-state index contributed by atoms with van der Waals surface area (Å²) in [5.41, 5.74) is 3.39. The van der Waals surface area contributed by atoms with Gasteiger partial charge in [-0.05, 0) is 48.5 Å². The molecule has 0 unspecified atom stereocenters. The molecule has 2 aromatic heterocycles. The molecule has 0 N–H and O–H groups in total. The maximum Gasteiger partial charge on any atom is 0.0812 e. The van der Waals surface area contributed by atoms with Crippen LogP contribution >= 0.6 is 67.9 Å². The minimum Gasteiger partial charge on any atom is -0.255 e. The molecule has 0 radical (unpaired) electrons. The Labute approximate surface area is 234 Å². The van der Waals surface area contributed by atoms with Crippen LogP contribution < -0.4 is 0 Å². The summed E-state index contributed by atoms with van der Waals surface area (Å²) in [7, 11) is 0. The van der Waals surface area contributed by atoms with Crippen LogP contribution in [0.5, 0.6) is 0 Å². The molecule has 0 spiro atoms. The summed E-state index contributed by atoms with van der Waals surface area (Å²) in [6, 6.07) is 19.1. The SMILES string of the molecule is Br.Br.Br.Br.C(=Nc1ccc(N=Cc2ccccn2)cc1)c1ccccn1.[Pd].[Pd]. The van der Waals surface area contributed by atoms with Crippen molar-refractivity contribution in [2.45, 2.75) is 0 Å². The van der Waals surface area contributed by atoms with Crippen molar-refractivity contribution in [3.05, 3.63) is 84.4 Å². The topological polar surface area (TPSA) is 50.5 Å². The summed E-state index contributed by atoms with van der Waals surface area (Å²) in [4.78, 5) is 17.2. The molecule has 10 heteroatoms. The molecule has 3 aromatic rings. The molecule has 4 nitrogen and oxygen atoms in total. The zero-order valence-corrected chi connectivity index (χ0v) is 24.1. The van der Waals surface area contributed by atoms with Crippen molar-refractivity contribution >= 4 is 91.7 Å². The third kappa shape index (κ3) is 12.6. The third-order valence-electron chi connectivity index (χ3n) is 2.92. The van der Waals surface area contributed by atoms with Gasteiger partial charge in [0, 0.05) is 53.2 Å². The van der Waals surface area contributed by atoms with Gasteiger partial charge < -0.3 is 0 Å². The fraction of sp³-hybridized carbons (Fsp3) is 0.